The number of nitriles is 2. The molecule has 1 saturated heterocycles. The molecule has 0 saturated carbocycles. The molecule has 0 unspecified atom stereocenters. The summed E-state index contributed by atoms with van der Waals surface area (Å²) in [5, 5.41) is 18.3. The van der Waals surface area contributed by atoms with Gasteiger partial charge in [0.05, 0.1) is 0 Å². The lowest BCUT2D eigenvalue weighted by molar-refractivity contribution is 0.559. The highest BCUT2D eigenvalue weighted by Gasteiger charge is 2.25. The summed E-state index contributed by atoms with van der Waals surface area (Å²) in [6.45, 7) is 1.27. The maximum atomic E-state index is 9.14. The summed E-state index contributed by atoms with van der Waals surface area (Å²) in [7, 11) is 3.87. The van der Waals surface area contributed by atoms with Gasteiger partial charge in [0, 0.05) is 49.1 Å². The summed E-state index contributed by atoms with van der Waals surface area (Å²) in [4.78, 5) is 4.09. The Morgan fingerprint density at radius 2 is 2.00 bits per heavy atom. The minimum absolute atomic E-state index is 0.195. The van der Waals surface area contributed by atoms with Crippen LogP contribution in [0, 0.1) is 22.7 Å². The number of hydrogen-bond donors (Lipinski definition) is 0. The third-order valence-electron chi connectivity index (χ3n) is 3.21. The largest absolute Gasteiger partial charge is 0.383 e. The van der Waals surface area contributed by atoms with E-state index in [-0.39, 0.29) is 5.57 Å². The van der Waals surface area contributed by atoms with Crippen LogP contribution in [0.2, 0.25) is 0 Å². The average Bonchev–Trinajstić information content (AvgIpc) is 2.83. The van der Waals surface area contributed by atoms with E-state index in [9.17, 15) is 0 Å². The summed E-state index contributed by atoms with van der Waals surface area (Å²) in [6.07, 6.45) is 1.97. The first kappa shape index (κ1) is 15.2. The Balaban J connectivity index is 2.43. The summed E-state index contributed by atoms with van der Waals surface area (Å²) in [6, 6.07) is 12.0. The molecule has 0 aliphatic carbocycles. The van der Waals surface area contributed by atoms with Gasteiger partial charge in [0.15, 0.2) is 0 Å². The second-order valence-corrected chi connectivity index (χ2v) is 5.95. The quantitative estimate of drug-likeness (QED) is 0.775. The summed E-state index contributed by atoms with van der Waals surface area (Å²) in [5.41, 5.74) is 3.09. The fourth-order valence-electron chi connectivity index (χ4n) is 2.33. The first-order chi connectivity index (χ1) is 10.0. The zero-order valence-electron chi connectivity index (χ0n) is 12.0. The van der Waals surface area contributed by atoms with E-state index in [2.05, 4.69) is 20.8 Å². The molecule has 0 aromatic heterocycles. The second kappa shape index (κ2) is 6.47. The maximum Gasteiger partial charge on any atom is 0.135 e. The van der Waals surface area contributed by atoms with Crippen molar-refractivity contribution in [3.8, 4) is 12.1 Å². The van der Waals surface area contributed by atoms with Crippen molar-refractivity contribution < 1.29 is 0 Å². The Labute approximate surface area is 133 Å². The van der Waals surface area contributed by atoms with Crippen LogP contribution in [-0.4, -0.2) is 32.1 Å². The number of halogens is 1. The molecule has 106 valence electrons. The maximum absolute atomic E-state index is 9.14. The highest BCUT2D eigenvalue weighted by Crippen LogP contribution is 2.30. The van der Waals surface area contributed by atoms with E-state index in [4.69, 9.17) is 10.5 Å². The minimum atomic E-state index is 0.195. The van der Waals surface area contributed by atoms with Gasteiger partial charge in [-0.2, -0.15) is 10.5 Å². The summed E-state index contributed by atoms with van der Waals surface area (Å²) in [5.74, 6) is 0. The van der Waals surface area contributed by atoms with Gasteiger partial charge in [0.25, 0.3) is 0 Å². The van der Waals surface area contributed by atoms with E-state index >= 15 is 0 Å². The van der Waals surface area contributed by atoms with Gasteiger partial charge in [-0.3, -0.25) is 0 Å². The van der Waals surface area contributed by atoms with Crippen LogP contribution >= 0.6 is 15.9 Å². The monoisotopic (exact) mass is 342 g/mol. The van der Waals surface area contributed by atoms with Crippen molar-refractivity contribution in [3.05, 3.63) is 51.7 Å². The molecule has 1 heterocycles. The fourth-order valence-corrected chi connectivity index (χ4v) is 2.72. The molecule has 5 heteroatoms. The third kappa shape index (κ3) is 3.45. The Kier molecular flexibility index (Phi) is 4.67. The topological polar surface area (TPSA) is 54.1 Å². The van der Waals surface area contributed by atoms with Crippen LogP contribution in [0.25, 0.3) is 0 Å². The van der Waals surface area contributed by atoms with Crippen LogP contribution in [0.4, 0.5) is 5.69 Å². The number of allylic oxidation sites excluding steroid dienone is 1. The molecular formula is C16H15BrN4. The fraction of sp³-hybridized carbons (Fsp3) is 0.250. The van der Waals surface area contributed by atoms with Crippen molar-refractivity contribution in [3.63, 3.8) is 0 Å². The first-order valence-corrected chi connectivity index (χ1v) is 7.26. The van der Waals surface area contributed by atoms with E-state index in [0.717, 1.165) is 21.3 Å². The first-order valence-electron chi connectivity index (χ1n) is 6.46. The van der Waals surface area contributed by atoms with Crippen LogP contribution in [0.15, 0.2) is 51.7 Å². The molecule has 21 heavy (non-hydrogen) atoms. The van der Waals surface area contributed by atoms with Crippen LogP contribution in [0.5, 0.6) is 0 Å². The Morgan fingerprint density at radius 1 is 1.29 bits per heavy atom. The number of hydrogen-bond acceptors (Lipinski definition) is 4. The van der Waals surface area contributed by atoms with Crippen molar-refractivity contribution in [1.82, 2.24) is 4.90 Å². The summed E-state index contributed by atoms with van der Waals surface area (Å²) < 4.78 is 1.01. The molecule has 1 fully saturated rings. The molecule has 1 aliphatic rings. The molecule has 0 bridgehead atoms. The van der Waals surface area contributed by atoms with Crippen molar-refractivity contribution in [2.75, 3.05) is 32.1 Å². The van der Waals surface area contributed by atoms with E-state index in [0.29, 0.717) is 13.1 Å². The molecular weight excluding hydrogens is 328 g/mol. The van der Waals surface area contributed by atoms with Crippen molar-refractivity contribution >= 4 is 21.6 Å². The van der Waals surface area contributed by atoms with Gasteiger partial charge >= 0.3 is 0 Å². The number of benzene rings is 1. The molecule has 0 spiro atoms. The second-order valence-electron chi connectivity index (χ2n) is 5.03. The Hall–Kier alpha value is -2.24. The van der Waals surface area contributed by atoms with Gasteiger partial charge in [0.2, 0.25) is 0 Å². The van der Waals surface area contributed by atoms with Gasteiger partial charge in [-0.25, -0.2) is 0 Å². The van der Waals surface area contributed by atoms with Gasteiger partial charge in [-0.15, -0.1) is 0 Å². The van der Waals surface area contributed by atoms with Crippen LogP contribution < -0.4 is 4.90 Å². The minimum Gasteiger partial charge on any atom is -0.383 e. The summed E-state index contributed by atoms with van der Waals surface area (Å²) >= 11 is 3.47. The molecule has 1 aromatic carbocycles. The third-order valence-corrected chi connectivity index (χ3v) is 3.70. The lowest BCUT2D eigenvalue weighted by Crippen LogP contribution is -2.18. The number of anilines is 1. The smallest absolute Gasteiger partial charge is 0.135 e. The van der Waals surface area contributed by atoms with Crippen LogP contribution in [-0.2, 0) is 0 Å². The van der Waals surface area contributed by atoms with Crippen molar-refractivity contribution in [1.29, 1.82) is 10.5 Å². The molecule has 2 rings (SSSR count). The number of rotatable bonds is 2. The van der Waals surface area contributed by atoms with E-state index in [1.165, 1.54) is 0 Å². The van der Waals surface area contributed by atoms with Gasteiger partial charge in [0.1, 0.15) is 17.7 Å². The van der Waals surface area contributed by atoms with Crippen LogP contribution in [0.1, 0.15) is 0 Å². The number of nitrogens with zero attached hydrogens (tertiary/aromatic N) is 4. The zero-order chi connectivity index (χ0) is 15.4. The Bertz CT molecular complexity index is 673. The molecule has 0 atom stereocenters. The van der Waals surface area contributed by atoms with E-state index in [1.807, 2.05) is 61.6 Å². The molecule has 1 aromatic rings. The Morgan fingerprint density at radius 3 is 2.57 bits per heavy atom. The normalized spacial score (nSPS) is 15.8. The van der Waals surface area contributed by atoms with Gasteiger partial charge < -0.3 is 9.80 Å². The molecule has 4 nitrogen and oxygen atoms in total. The SMILES string of the molecule is CN(C)C=C1CN(c2cccc(Br)c2)CC1=C(C#N)C#N. The molecule has 1 aliphatic heterocycles. The van der Waals surface area contributed by atoms with Crippen LogP contribution in [0.3, 0.4) is 0 Å². The molecule has 0 radical (unpaired) electrons. The predicted molar refractivity (Wildman–Crippen MR) is 86.4 cm³/mol. The lowest BCUT2D eigenvalue weighted by atomic mass is 10.1. The lowest BCUT2D eigenvalue weighted by Gasteiger charge is -2.17. The molecule has 0 amide bonds. The van der Waals surface area contributed by atoms with Crippen molar-refractivity contribution in [2.45, 2.75) is 0 Å². The average molecular weight is 343 g/mol. The van der Waals surface area contributed by atoms with E-state index < -0.39 is 0 Å². The van der Waals surface area contributed by atoms with Crippen molar-refractivity contribution in [2.24, 2.45) is 0 Å². The highest BCUT2D eigenvalue weighted by atomic mass is 79.9. The van der Waals surface area contributed by atoms with E-state index in [1.54, 1.807) is 0 Å². The van der Waals surface area contributed by atoms with Gasteiger partial charge in [-0.1, -0.05) is 22.0 Å². The molecule has 0 N–H and O–H groups in total. The van der Waals surface area contributed by atoms with Gasteiger partial charge in [-0.05, 0) is 23.8 Å². The standard InChI is InChI=1S/C16H15BrN4/c1-20(2)9-13-10-21(11-16(13)12(7-18)8-19)15-5-3-4-14(17)6-15/h3-6,9H,10-11H2,1-2H3. The predicted octanol–water partition coefficient (Wildman–Crippen LogP) is 3.06. The highest BCUT2D eigenvalue weighted by molar-refractivity contribution is 9.10. The zero-order valence-corrected chi connectivity index (χ0v) is 13.6.